The van der Waals surface area contributed by atoms with E-state index in [1.54, 1.807) is 75.6 Å². The van der Waals surface area contributed by atoms with Crippen LogP contribution in [-0.2, 0) is 33.4 Å². The molecule has 6 fully saturated rings. The van der Waals surface area contributed by atoms with Crippen molar-refractivity contribution < 1.29 is 77.5 Å². The number of amides is 5. The van der Waals surface area contributed by atoms with Crippen molar-refractivity contribution in [2.45, 2.75) is 245 Å². The van der Waals surface area contributed by atoms with Crippen LogP contribution in [0.3, 0.4) is 0 Å². The molecular weight excluding hydrogens is 1330 g/mol. The first-order valence-corrected chi connectivity index (χ1v) is 35.3. The lowest BCUT2D eigenvalue weighted by Crippen LogP contribution is -2.47. The van der Waals surface area contributed by atoms with Gasteiger partial charge in [0.25, 0.3) is 5.91 Å². The van der Waals surface area contributed by atoms with Crippen LogP contribution in [0.2, 0.25) is 0 Å². The second-order valence-electron chi connectivity index (χ2n) is 29.9. The molecule has 2 saturated carbocycles. The van der Waals surface area contributed by atoms with E-state index < -0.39 is 76.9 Å². The Balaban J connectivity index is 0.000000316. The number of halogens is 2. The van der Waals surface area contributed by atoms with Crippen molar-refractivity contribution in [1.29, 1.82) is 0 Å². The highest BCUT2D eigenvalue weighted by molar-refractivity contribution is 6.02. The Morgan fingerprint density at radius 3 is 0.901 bits per heavy atom. The predicted molar refractivity (Wildman–Crippen MR) is 394 cm³/mol. The molecule has 6 aliphatic rings. The van der Waals surface area contributed by atoms with Crippen molar-refractivity contribution in [3.05, 3.63) is 144 Å². The lowest BCUT2D eigenvalue weighted by molar-refractivity contribution is -0.173. The number of benzene rings is 4. The summed E-state index contributed by atoms with van der Waals surface area (Å²) in [6, 6.07) is 36.2. The molecular formula is C78H115Cl2N5O16. The Labute approximate surface area is 612 Å². The number of likely N-dealkylation sites (N-methyl/N-ethyl adjacent to an activating group) is 1. The molecule has 4 heterocycles. The quantitative estimate of drug-likeness (QED) is 0.0716. The molecule has 0 bridgehead atoms. The van der Waals surface area contributed by atoms with Crippen molar-refractivity contribution in [1.82, 2.24) is 24.7 Å². The third kappa shape index (κ3) is 29.5. The van der Waals surface area contributed by atoms with E-state index in [-0.39, 0.29) is 54.5 Å². The minimum absolute atomic E-state index is 0. The largest absolute Gasteiger partial charge is 0.480 e. The van der Waals surface area contributed by atoms with Gasteiger partial charge in [0.15, 0.2) is 11.6 Å². The molecule has 6 atom stereocenters. The molecule has 21 nitrogen and oxygen atoms in total. The molecule has 4 aliphatic heterocycles. The molecule has 0 spiro atoms. The number of carboxylic acids is 1. The van der Waals surface area contributed by atoms with Crippen LogP contribution in [0.1, 0.15) is 230 Å². The van der Waals surface area contributed by atoms with E-state index in [2.05, 4.69) is 0 Å². The fourth-order valence-corrected chi connectivity index (χ4v) is 12.6. The molecule has 4 saturated heterocycles. The Hall–Kier alpha value is -7.30. The number of hydrogen-bond acceptors (Lipinski definition) is 15. The number of likely N-dealkylation sites (tertiary alicyclic amines) is 4. The van der Waals surface area contributed by atoms with Crippen molar-refractivity contribution in [2.75, 3.05) is 40.3 Å². The summed E-state index contributed by atoms with van der Waals surface area (Å²) in [4.78, 5) is 106. The number of carbonyl (C=O) groups is 8. The Kier molecular flexibility index (Phi) is 36.3. The summed E-state index contributed by atoms with van der Waals surface area (Å²) in [5.41, 5.74) is 1.23. The van der Waals surface area contributed by atoms with Crippen LogP contribution >= 0.6 is 24.8 Å². The molecule has 4 aromatic carbocycles. The molecule has 2 aliphatic carbocycles. The first-order chi connectivity index (χ1) is 46.6. The summed E-state index contributed by atoms with van der Waals surface area (Å²) in [7, 11) is 2.96. The SMILES string of the molecule is CC(C)(C)OC(=O)N1CCC[C@@H]1C(=O)O.CC(C)(C)OC(=O)N1CCC[C@@H]1C(=O)c1ccccc1.CC(C)(C)OC(=O)N1CCC[C@@H]1C(=O)c1ccccc1.CON(C)C(=O)[C@H]1CCCN1C(=O)OC(C)(C)C.Cl.Cl.O[C@@H](c1ccccc1)C1CCCC1.O[C@@H](c1ccccc1)C1CCCC1. The number of aliphatic hydroxyl groups excluding tert-OH is 2. The highest BCUT2D eigenvalue weighted by Gasteiger charge is 2.41. The number of aliphatic carboxylic acids is 1. The van der Waals surface area contributed by atoms with Gasteiger partial charge in [-0.05, 0) is 183 Å². The second-order valence-corrected chi connectivity index (χ2v) is 29.9. The molecule has 3 N–H and O–H groups in total. The first kappa shape index (κ1) is 87.9. The summed E-state index contributed by atoms with van der Waals surface area (Å²) in [6.45, 7) is 23.8. The van der Waals surface area contributed by atoms with E-state index in [0.29, 0.717) is 74.8 Å². The molecule has 0 unspecified atom stereocenters. The van der Waals surface area contributed by atoms with E-state index in [1.165, 1.54) is 75.3 Å². The number of hydrogen-bond donors (Lipinski definition) is 3. The van der Waals surface area contributed by atoms with Crippen molar-refractivity contribution in [3.8, 4) is 0 Å². The normalized spacial score (nSPS) is 19.5. The van der Waals surface area contributed by atoms with Gasteiger partial charge < -0.3 is 34.3 Å². The second kappa shape index (κ2) is 41.7. The highest BCUT2D eigenvalue weighted by Crippen LogP contribution is 2.37. The number of aliphatic hydroxyl groups is 2. The summed E-state index contributed by atoms with van der Waals surface area (Å²) < 4.78 is 21.2. The minimum atomic E-state index is -0.960. The molecule has 10 rings (SSSR count). The highest BCUT2D eigenvalue weighted by atomic mass is 35.5. The zero-order valence-corrected chi connectivity index (χ0v) is 63.6. The fourth-order valence-electron chi connectivity index (χ4n) is 12.6. The monoisotopic (exact) mass is 1450 g/mol. The van der Waals surface area contributed by atoms with E-state index in [1.807, 2.05) is 139 Å². The molecule has 101 heavy (non-hydrogen) atoms. The summed E-state index contributed by atoms with van der Waals surface area (Å²) in [5.74, 6) is -0.188. The molecule has 0 aromatic heterocycles. The van der Waals surface area contributed by atoms with Crippen molar-refractivity contribution in [2.24, 2.45) is 11.8 Å². The van der Waals surface area contributed by atoms with Gasteiger partial charge in [-0.3, -0.25) is 38.8 Å². The smallest absolute Gasteiger partial charge is 0.411 e. The number of nitrogens with zero attached hydrogens (tertiary/aromatic N) is 5. The van der Waals surface area contributed by atoms with E-state index in [9.17, 15) is 48.6 Å². The average Bonchev–Trinajstić information content (AvgIpc) is 1.72. The van der Waals surface area contributed by atoms with Gasteiger partial charge in [0.1, 0.15) is 34.5 Å². The lowest BCUT2D eigenvalue weighted by Gasteiger charge is -2.29. The first-order valence-electron chi connectivity index (χ1n) is 35.3. The number of ketones is 2. The Morgan fingerprint density at radius 1 is 0.386 bits per heavy atom. The van der Waals surface area contributed by atoms with Crippen molar-refractivity contribution >= 4 is 72.6 Å². The zero-order valence-electron chi connectivity index (χ0n) is 62.0. The number of hydroxylamine groups is 2. The molecule has 562 valence electrons. The standard InChI is InChI=1S/2C16H21NO3.C12H22N2O4.2C12H16O.C10H17NO4.2ClH/c2*1-16(2,3)20-15(19)17-11-7-10-13(17)14(18)12-8-5-4-6-9-12;1-12(2,3)18-11(16)14-8-6-7-9(14)10(15)13(4)17-5;2*13-12(11-8-4-5-9-11)10-6-2-1-3-7-10;1-10(2,3)15-9(14)11-6-4-5-7(11)8(12)13;;/h2*4-6,8-9,13H,7,10-11H2,1-3H3;9H,6-8H2,1-5H3;2*1-3,6-7,11-13H,4-5,8-9H2;7H,4-6H2,1-3H3,(H,12,13);2*1H/t2*13-;9-;2*12-;7-;;/m111001../s1. The summed E-state index contributed by atoms with van der Waals surface area (Å²) in [5, 5.41) is 30.1. The maximum Gasteiger partial charge on any atom is 0.411 e. The third-order valence-corrected chi connectivity index (χ3v) is 17.4. The fraction of sp³-hybridized carbons (Fsp3) is 0.590. The van der Waals surface area contributed by atoms with Crippen LogP contribution in [-0.4, -0.2) is 175 Å². The Bertz CT molecular complexity index is 3020. The topological polar surface area (TPSA) is 260 Å². The Morgan fingerprint density at radius 2 is 0.634 bits per heavy atom. The van der Waals surface area contributed by atoms with Crippen LogP contribution in [0.25, 0.3) is 0 Å². The van der Waals surface area contributed by atoms with Gasteiger partial charge in [-0.1, -0.05) is 147 Å². The van der Waals surface area contributed by atoms with Crippen LogP contribution in [0.4, 0.5) is 19.2 Å². The summed E-state index contributed by atoms with van der Waals surface area (Å²) >= 11 is 0. The van der Waals surface area contributed by atoms with E-state index >= 15 is 0 Å². The maximum atomic E-state index is 12.5. The number of rotatable bonds is 11. The molecule has 5 amide bonds. The van der Waals surface area contributed by atoms with Crippen LogP contribution in [0.15, 0.2) is 121 Å². The maximum absolute atomic E-state index is 12.5. The van der Waals surface area contributed by atoms with Crippen LogP contribution < -0.4 is 0 Å². The summed E-state index contributed by atoms with van der Waals surface area (Å²) in [6.07, 6.45) is 13.4. The number of Topliss-reactive ketones (excluding diaryl/α,β-unsaturated/α-hetero) is 2. The van der Waals surface area contributed by atoms with Gasteiger partial charge in [-0.15, -0.1) is 24.8 Å². The predicted octanol–water partition coefficient (Wildman–Crippen LogP) is 16.1. The van der Waals surface area contributed by atoms with Gasteiger partial charge in [0.2, 0.25) is 0 Å². The molecule has 23 heteroatoms. The zero-order chi connectivity index (χ0) is 73.3. The third-order valence-electron chi connectivity index (χ3n) is 17.4. The van der Waals surface area contributed by atoms with E-state index in [4.69, 9.17) is 28.9 Å². The molecule has 4 aromatic rings. The molecule has 0 radical (unpaired) electrons. The van der Waals surface area contributed by atoms with Crippen molar-refractivity contribution in [3.63, 3.8) is 0 Å². The number of carboxylic acid groups (broad SMARTS) is 1. The van der Waals surface area contributed by atoms with E-state index in [0.717, 1.165) is 41.9 Å². The number of ether oxygens (including phenoxy) is 4. The van der Waals surface area contributed by atoms with Gasteiger partial charge in [0, 0.05) is 44.4 Å². The van der Waals surface area contributed by atoms with Crippen LogP contribution in [0, 0.1) is 11.8 Å². The van der Waals surface area contributed by atoms with Gasteiger partial charge in [0.05, 0.1) is 31.4 Å². The average molecular weight is 1450 g/mol. The lowest BCUT2D eigenvalue weighted by atomic mass is 9.95. The van der Waals surface area contributed by atoms with Gasteiger partial charge in [-0.2, -0.15) is 0 Å². The minimum Gasteiger partial charge on any atom is -0.480 e. The van der Waals surface area contributed by atoms with Crippen LogP contribution in [0.5, 0.6) is 0 Å². The number of carbonyl (C=O) groups excluding carboxylic acids is 7. The van der Waals surface area contributed by atoms with Gasteiger partial charge >= 0.3 is 30.3 Å². The van der Waals surface area contributed by atoms with Gasteiger partial charge in [-0.25, -0.2) is 29.0 Å².